The molecule has 1 aromatic carbocycles. The molecule has 0 aliphatic rings. The molecule has 0 aromatic heterocycles. The number of hydrogen-bond donors (Lipinski definition) is 1. The fraction of sp³-hybridized carbons (Fsp3) is 0. The van der Waals surface area contributed by atoms with Gasteiger partial charge in [0.25, 0.3) is 0 Å². The van der Waals surface area contributed by atoms with Crippen molar-refractivity contribution in [2.45, 2.75) is 0 Å². The van der Waals surface area contributed by atoms with E-state index >= 15 is 0 Å². The maximum absolute atomic E-state index is 12.7. The number of benzene rings is 1. The molecule has 0 heterocycles. The van der Waals surface area contributed by atoms with Crippen molar-refractivity contribution in [1.82, 2.24) is 0 Å². The van der Waals surface area contributed by atoms with Crippen molar-refractivity contribution in [3.63, 3.8) is 0 Å². The number of aromatic hydroxyl groups is 1. The second-order valence-corrected chi connectivity index (χ2v) is 2.24. The number of hydrogen-bond acceptors (Lipinski definition) is 1. The first kappa shape index (κ1) is 9.57. The number of rotatable bonds is 1. The standard InChI is InChI=1S/C8H4F4O/c9-6-3-4(13)1-2-5(6)7(10)8(11)12/h1-3,13H. The highest BCUT2D eigenvalue weighted by molar-refractivity contribution is 5.60. The van der Waals surface area contributed by atoms with E-state index in [1.54, 1.807) is 0 Å². The van der Waals surface area contributed by atoms with Gasteiger partial charge in [-0.1, -0.05) is 0 Å². The number of phenols is 1. The average molecular weight is 192 g/mol. The average Bonchev–Trinajstić information content (AvgIpc) is 2.03. The molecule has 0 aliphatic heterocycles. The van der Waals surface area contributed by atoms with Crippen LogP contribution < -0.4 is 0 Å². The zero-order valence-corrected chi connectivity index (χ0v) is 6.19. The molecule has 1 nitrogen and oxygen atoms in total. The predicted molar refractivity (Wildman–Crippen MR) is 38.3 cm³/mol. The van der Waals surface area contributed by atoms with Gasteiger partial charge in [-0.05, 0) is 12.1 Å². The molecule has 13 heavy (non-hydrogen) atoms. The molecule has 0 fully saturated rings. The van der Waals surface area contributed by atoms with Gasteiger partial charge in [0, 0.05) is 6.07 Å². The van der Waals surface area contributed by atoms with Crippen molar-refractivity contribution < 1.29 is 22.7 Å². The van der Waals surface area contributed by atoms with Crippen molar-refractivity contribution in [2.75, 3.05) is 0 Å². The maximum atomic E-state index is 12.7. The molecular weight excluding hydrogens is 188 g/mol. The van der Waals surface area contributed by atoms with Gasteiger partial charge in [0.1, 0.15) is 11.6 Å². The van der Waals surface area contributed by atoms with Gasteiger partial charge in [-0.2, -0.15) is 8.78 Å². The smallest absolute Gasteiger partial charge is 0.306 e. The van der Waals surface area contributed by atoms with Crippen LogP contribution in [-0.4, -0.2) is 5.11 Å². The molecule has 0 bridgehead atoms. The van der Waals surface area contributed by atoms with E-state index in [1.807, 2.05) is 0 Å². The van der Waals surface area contributed by atoms with Crippen LogP contribution in [0.4, 0.5) is 17.6 Å². The molecule has 0 aliphatic carbocycles. The highest BCUT2D eigenvalue weighted by Crippen LogP contribution is 2.26. The molecule has 1 aromatic rings. The van der Waals surface area contributed by atoms with E-state index in [-0.39, 0.29) is 0 Å². The van der Waals surface area contributed by atoms with E-state index in [0.717, 1.165) is 12.1 Å². The van der Waals surface area contributed by atoms with E-state index < -0.39 is 29.0 Å². The SMILES string of the molecule is Oc1ccc(C(F)=C(F)F)c(F)c1. The minimum absolute atomic E-state index is 0.451. The molecule has 0 saturated heterocycles. The van der Waals surface area contributed by atoms with Gasteiger partial charge >= 0.3 is 6.08 Å². The largest absolute Gasteiger partial charge is 0.508 e. The quantitative estimate of drug-likeness (QED) is 0.678. The van der Waals surface area contributed by atoms with E-state index in [1.165, 1.54) is 0 Å². The lowest BCUT2D eigenvalue weighted by Crippen LogP contribution is -1.86. The first-order valence-electron chi connectivity index (χ1n) is 3.22. The molecule has 0 atom stereocenters. The Morgan fingerprint density at radius 2 is 1.77 bits per heavy atom. The lowest BCUT2D eigenvalue weighted by Gasteiger charge is -1.99. The van der Waals surface area contributed by atoms with Crippen molar-refractivity contribution >= 4 is 5.83 Å². The third kappa shape index (κ3) is 1.99. The lowest BCUT2D eigenvalue weighted by atomic mass is 10.2. The Balaban J connectivity index is 3.25. The van der Waals surface area contributed by atoms with Crippen molar-refractivity contribution in [2.24, 2.45) is 0 Å². The van der Waals surface area contributed by atoms with Gasteiger partial charge in [-0.25, -0.2) is 8.78 Å². The van der Waals surface area contributed by atoms with Gasteiger partial charge in [0.2, 0.25) is 0 Å². The minimum atomic E-state index is -2.59. The second kappa shape index (κ2) is 3.47. The third-order valence-electron chi connectivity index (χ3n) is 1.36. The Bertz CT molecular complexity index is 355. The fourth-order valence-electron chi connectivity index (χ4n) is 0.784. The summed E-state index contributed by atoms with van der Waals surface area (Å²) in [6, 6.07) is 2.21. The first-order valence-corrected chi connectivity index (χ1v) is 3.22. The van der Waals surface area contributed by atoms with Gasteiger partial charge < -0.3 is 5.11 Å². The summed E-state index contributed by atoms with van der Waals surface area (Å²) in [7, 11) is 0. The van der Waals surface area contributed by atoms with Crippen LogP contribution in [0.1, 0.15) is 5.56 Å². The third-order valence-corrected chi connectivity index (χ3v) is 1.36. The summed E-state index contributed by atoms with van der Waals surface area (Å²) in [5, 5.41) is 8.69. The Hall–Kier alpha value is -1.52. The molecular formula is C8H4F4O. The molecule has 5 heteroatoms. The monoisotopic (exact) mass is 192 g/mol. The first-order chi connectivity index (χ1) is 6.02. The van der Waals surface area contributed by atoms with E-state index in [2.05, 4.69) is 0 Å². The summed E-state index contributed by atoms with van der Waals surface area (Å²) in [4.78, 5) is 0. The molecule has 0 amide bonds. The summed E-state index contributed by atoms with van der Waals surface area (Å²) in [6.45, 7) is 0. The summed E-state index contributed by atoms with van der Waals surface area (Å²) in [6.07, 6.45) is -2.59. The zero-order chi connectivity index (χ0) is 10.0. The molecule has 70 valence electrons. The van der Waals surface area contributed by atoms with Crippen LogP contribution in [0.15, 0.2) is 24.3 Å². The highest BCUT2D eigenvalue weighted by atomic mass is 19.3. The van der Waals surface area contributed by atoms with E-state index in [9.17, 15) is 17.6 Å². The lowest BCUT2D eigenvalue weighted by molar-refractivity contribution is 0.409. The Morgan fingerprint density at radius 1 is 1.15 bits per heavy atom. The van der Waals surface area contributed by atoms with Gasteiger partial charge in [-0.3, -0.25) is 0 Å². The Labute approximate surface area is 70.9 Å². The molecule has 0 radical (unpaired) electrons. The summed E-state index contributed by atoms with van der Waals surface area (Å²) < 4.78 is 48.5. The van der Waals surface area contributed by atoms with E-state index in [0.29, 0.717) is 6.07 Å². The van der Waals surface area contributed by atoms with Crippen LogP contribution in [0.3, 0.4) is 0 Å². The molecule has 0 unspecified atom stereocenters. The van der Waals surface area contributed by atoms with Crippen LogP contribution in [0, 0.1) is 5.82 Å². The van der Waals surface area contributed by atoms with Crippen molar-refractivity contribution in [1.29, 1.82) is 0 Å². The maximum Gasteiger partial charge on any atom is 0.306 e. The Morgan fingerprint density at radius 3 is 2.23 bits per heavy atom. The summed E-state index contributed by atoms with van der Waals surface area (Å²) in [5.41, 5.74) is -0.863. The molecule has 0 spiro atoms. The van der Waals surface area contributed by atoms with Crippen LogP contribution >= 0.6 is 0 Å². The zero-order valence-electron chi connectivity index (χ0n) is 6.19. The van der Waals surface area contributed by atoms with Gasteiger partial charge in [0.05, 0.1) is 5.56 Å². The number of phenolic OH excluding ortho intramolecular Hbond substituents is 1. The normalized spacial score (nSPS) is 9.85. The summed E-state index contributed by atoms with van der Waals surface area (Å²) >= 11 is 0. The van der Waals surface area contributed by atoms with Crippen molar-refractivity contribution in [3.05, 3.63) is 35.7 Å². The highest BCUT2D eigenvalue weighted by Gasteiger charge is 2.13. The number of halogens is 4. The molecule has 1 rings (SSSR count). The fourth-order valence-corrected chi connectivity index (χ4v) is 0.784. The van der Waals surface area contributed by atoms with Crippen LogP contribution in [0.2, 0.25) is 0 Å². The van der Waals surface area contributed by atoms with E-state index in [4.69, 9.17) is 5.11 Å². The van der Waals surface area contributed by atoms with Crippen LogP contribution in [0.5, 0.6) is 5.75 Å². The molecule has 0 saturated carbocycles. The minimum Gasteiger partial charge on any atom is -0.508 e. The van der Waals surface area contributed by atoms with Gasteiger partial charge in [0.15, 0.2) is 5.83 Å². The molecule has 1 N–H and O–H groups in total. The predicted octanol–water partition coefficient (Wildman–Crippen LogP) is 3.07. The second-order valence-electron chi connectivity index (χ2n) is 2.24. The topological polar surface area (TPSA) is 20.2 Å². The summed E-state index contributed by atoms with van der Waals surface area (Å²) in [5.74, 6) is -3.60. The van der Waals surface area contributed by atoms with Crippen molar-refractivity contribution in [3.8, 4) is 5.75 Å². The Kier molecular flexibility index (Phi) is 2.55. The van der Waals surface area contributed by atoms with Crippen LogP contribution in [-0.2, 0) is 0 Å². The van der Waals surface area contributed by atoms with Crippen LogP contribution in [0.25, 0.3) is 5.83 Å². The van der Waals surface area contributed by atoms with Gasteiger partial charge in [-0.15, -0.1) is 0 Å².